The van der Waals surface area contributed by atoms with E-state index in [4.69, 9.17) is 4.74 Å². The molecule has 0 aliphatic carbocycles. The lowest BCUT2D eigenvalue weighted by molar-refractivity contribution is -0.120. The standard InChI is InChI=1S/C25H28N2O4S/c1-4-31-24-13-9-8-12-23(24)27(32(29,30)22-16-14-19(2)15-17-22)18-25(28)26-20(3)21-10-6-5-7-11-21/h5-17,20H,4,18H2,1-3H3,(H,26,28)/t20-/m0/s1. The van der Waals surface area contributed by atoms with Gasteiger partial charge in [-0.1, -0.05) is 60.2 Å². The number of anilines is 1. The molecule has 0 radical (unpaired) electrons. The molecule has 3 rings (SSSR count). The molecule has 32 heavy (non-hydrogen) atoms. The number of benzene rings is 3. The molecule has 168 valence electrons. The Bertz CT molecular complexity index is 1150. The van der Waals surface area contributed by atoms with Crippen LogP contribution in [0.15, 0.2) is 83.8 Å². The van der Waals surface area contributed by atoms with E-state index in [0.717, 1.165) is 15.4 Å². The topological polar surface area (TPSA) is 75.7 Å². The van der Waals surface area contributed by atoms with Crippen LogP contribution in [-0.2, 0) is 14.8 Å². The number of carbonyl (C=O) groups excluding carboxylic acids is 1. The van der Waals surface area contributed by atoms with Gasteiger partial charge in [0.1, 0.15) is 12.3 Å². The van der Waals surface area contributed by atoms with Crippen molar-refractivity contribution in [2.24, 2.45) is 0 Å². The zero-order chi connectivity index (χ0) is 23.1. The second-order valence-corrected chi connectivity index (χ2v) is 9.29. The van der Waals surface area contributed by atoms with E-state index in [-0.39, 0.29) is 17.5 Å². The molecule has 0 heterocycles. The predicted octanol–water partition coefficient (Wildman–Crippen LogP) is 4.47. The number of nitrogens with one attached hydrogen (secondary N) is 1. The highest BCUT2D eigenvalue weighted by Gasteiger charge is 2.29. The zero-order valence-corrected chi connectivity index (χ0v) is 19.3. The van der Waals surface area contributed by atoms with Gasteiger partial charge in [0.25, 0.3) is 10.0 Å². The number of aryl methyl sites for hydroxylation is 1. The summed E-state index contributed by atoms with van der Waals surface area (Å²) < 4.78 is 33.9. The number of para-hydroxylation sites is 2. The third kappa shape index (κ3) is 5.48. The Balaban J connectivity index is 1.96. The summed E-state index contributed by atoms with van der Waals surface area (Å²) in [6.45, 7) is 5.56. The van der Waals surface area contributed by atoms with E-state index in [9.17, 15) is 13.2 Å². The van der Waals surface area contributed by atoms with Crippen LogP contribution in [0.3, 0.4) is 0 Å². The van der Waals surface area contributed by atoms with Gasteiger partial charge in [0, 0.05) is 0 Å². The fourth-order valence-corrected chi connectivity index (χ4v) is 4.75. The first kappa shape index (κ1) is 23.3. The van der Waals surface area contributed by atoms with E-state index in [1.807, 2.05) is 51.1 Å². The van der Waals surface area contributed by atoms with Gasteiger partial charge in [-0.2, -0.15) is 0 Å². The lowest BCUT2D eigenvalue weighted by Gasteiger charge is -2.26. The van der Waals surface area contributed by atoms with Crippen molar-refractivity contribution in [1.82, 2.24) is 5.32 Å². The lowest BCUT2D eigenvalue weighted by atomic mass is 10.1. The van der Waals surface area contributed by atoms with Gasteiger partial charge in [-0.05, 0) is 50.6 Å². The van der Waals surface area contributed by atoms with E-state index in [1.54, 1.807) is 48.5 Å². The quantitative estimate of drug-likeness (QED) is 0.520. The molecule has 7 heteroatoms. The Kier molecular flexibility index (Phi) is 7.53. The number of carbonyl (C=O) groups is 1. The average molecular weight is 453 g/mol. The fourth-order valence-electron chi connectivity index (χ4n) is 3.32. The van der Waals surface area contributed by atoms with Gasteiger partial charge >= 0.3 is 0 Å². The summed E-state index contributed by atoms with van der Waals surface area (Å²) in [4.78, 5) is 13.1. The third-order valence-corrected chi connectivity index (χ3v) is 6.78. The van der Waals surface area contributed by atoms with E-state index in [1.165, 1.54) is 0 Å². The Morgan fingerprint density at radius 2 is 1.59 bits per heavy atom. The number of nitrogens with zero attached hydrogens (tertiary/aromatic N) is 1. The summed E-state index contributed by atoms with van der Waals surface area (Å²) in [5, 5.41) is 2.89. The van der Waals surface area contributed by atoms with Crippen molar-refractivity contribution >= 4 is 21.6 Å². The second kappa shape index (κ2) is 10.3. The maximum Gasteiger partial charge on any atom is 0.264 e. The molecule has 6 nitrogen and oxygen atoms in total. The van der Waals surface area contributed by atoms with Crippen molar-refractivity contribution in [3.8, 4) is 5.75 Å². The first-order valence-electron chi connectivity index (χ1n) is 10.5. The van der Waals surface area contributed by atoms with Crippen molar-refractivity contribution in [2.45, 2.75) is 31.7 Å². The fraction of sp³-hybridized carbons (Fsp3) is 0.240. The van der Waals surface area contributed by atoms with Crippen molar-refractivity contribution < 1.29 is 17.9 Å². The molecule has 0 bridgehead atoms. The number of hydrogen-bond acceptors (Lipinski definition) is 4. The molecule has 0 unspecified atom stereocenters. The van der Waals surface area contributed by atoms with Crippen molar-refractivity contribution in [1.29, 1.82) is 0 Å². The molecular weight excluding hydrogens is 424 g/mol. The third-order valence-electron chi connectivity index (χ3n) is 5.01. The first-order chi connectivity index (χ1) is 15.3. The summed E-state index contributed by atoms with van der Waals surface area (Å²) in [6, 6.07) is 22.6. The van der Waals surface area contributed by atoms with Gasteiger partial charge in [0.15, 0.2) is 0 Å². The number of rotatable bonds is 9. The lowest BCUT2D eigenvalue weighted by Crippen LogP contribution is -2.41. The van der Waals surface area contributed by atoms with Crippen LogP contribution in [0.1, 0.15) is 31.0 Å². The average Bonchev–Trinajstić information content (AvgIpc) is 2.79. The van der Waals surface area contributed by atoms with Crippen LogP contribution >= 0.6 is 0 Å². The van der Waals surface area contributed by atoms with Crippen LogP contribution in [0.25, 0.3) is 0 Å². The number of hydrogen-bond donors (Lipinski definition) is 1. The highest BCUT2D eigenvalue weighted by Crippen LogP contribution is 2.32. The maximum absolute atomic E-state index is 13.6. The van der Waals surface area contributed by atoms with Crippen molar-refractivity contribution in [2.75, 3.05) is 17.5 Å². The molecule has 0 fully saturated rings. The Hall–Kier alpha value is -3.32. The zero-order valence-electron chi connectivity index (χ0n) is 18.5. The van der Waals surface area contributed by atoms with Crippen LogP contribution in [0, 0.1) is 6.92 Å². The van der Waals surface area contributed by atoms with Crippen molar-refractivity contribution in [3.05, 3.63) is 90.0 Å². The molecule has 1 amide bonds. The summed E-state index contributed by atoms with van der Waals surface area (Å²) >= 11 is 0. The molecule has 0 aliphatic rings. The normalized spacial score (nSPS) is 12.1. The molecule has 0 aromatic heterocycles. The maximum atomic E-state index is 13.6. The number of sulfonamides is 1. The van der Waals surface area contributed by atoms with Gasteiger partial charge in [-0.15, -0.1) is 0 Å². The van der Waals surface area contributed by atoms with E-state index in [0.29, 0.717) is 18.0 Å². The molecule has 0 aliphatic heterocycles. The molecule has 0 spiro atoms. The van der Waals surface area contributed by atoms with Crippen LogP contribution < -0.4 is 14.4 Å². The molecule has 1 N–H and O–H groups in total. The Morgan fingerprint density at radius 3 is 2.25 bits per heavy atom. The van der Waals surface area contributed by atoms with Gasteiger partial charge in [-0.3, -0.25) is 9.10 Å². The predicted molar refractivity (Wildman–Crippen MR) is 126 cm³/mol. The highest BCUT2D eigenvalue weighted by molar-refractivity contribution is 7.92. The monoisotopic (exact) mass is 452 g/mol. The van der Waals surface area contributed by atoms with Crippen LogP contribution in [0.4, 0.5) is 5.69 Å². The van der Waals surface area contributed by atoms with Gasteiger partial charge in [0.05, 0.1) is 23.2 Å². The van der Waals surface area contributed by atoms with E-state index >= 15 is 0 Å². The van der Waals surface area contributed by atoms with Crippen molar-refractivity contribution in [3.63, 3.8) is 0 Å². The van der Waals surface area contributed by atoms with Gasteiger partial charge < -0.3 is 10.1 Å². The van der Waals surface area contributed by atoms with Gasteiger partial charge in [-0.25, -0.2) is 8.42 Å². The minimum Gasteiger partial charge on any atom is -0.492 e. The Labute approximate surface area is 189 Å². The molecule has 3 aromatic rings. The number of amides is 1. The van der Waals surface area contributed by atoms with Crippen LogP contribution in [0.2, 0.25) is 0 Å². The first-order valence-corrected chi connectivity index (χ1v) is 11.9. The largest absolute Gasteiger partial charge is 0.492 e. The second-order valence-electron chi connectivity index (χ2n) is 7.43. The summed E-state index contributed by atoms with van der Waals surface area (Å²) in [7, 11) is -4.01. The molecule has 0 saturated heterocycles. The SMILES string of the molecule is CCOc1ccccc1N(CC(=O)N[C@@H](C)c1ccccc1)S(=O)(=O)c1ccc(C)cc1. The summed E-state index contributed by atoms with van der Waals surface area (Å²) in [6.07, 6.45) is 0. The molecule has 3 aromatic carbocycles. The minimum absolute atomic E-state index is 0.110. The Morgan fingerprint density at radius 1 is 0.969 bits per heavy atom. The molecule has 0 saturated carbocycles. The summed E-state index contributed by atoms with van der Waals surface area (Å²) in [5.74, 6) is -0.0158. The molecule has 1 atom stereocenters. The van der Waals surface area contributed by atoms with E-state index < -0.39 is 15.9 Å². The smallest absolute Gasteiger partial charge is 0.264 e. The van der Waals surface area contributed by atoms with E-state index in [2.05, 4.69) is 5.32 Å². The summed E-state index contributed by atoms with van der Waals surface area (Å²) in [5.41, 5.74) is 2.19. The van der Waals surface area contributed by atoms with Crippen LogP contribution in [0.5, 0.6) is 5.75 Å². The van der Waals surface area contributed by atoms with Crippen LogP contribution in [-0.4, -0.2) is 27.5 Å². The van der Waals surface area contributed by atoms with Gasteiger partial charge in [0.2, 0.25) is 5.91 Å². The highest BCUT2D eigenvalue weighted by atomic mass is 32.2. The minimum atomic E-state index is -4.01. The number of ether oxygens (including phenoxy) is 1. The molecular formula is C25H28N2O4S.